The minimum absolute atomic E-state index is 0.00764. The highest BCUT2D eigenvalue weighted by atomic mass is 32.2. The zero-order chi connectivity index (χ0) is 30.1. The number of anilines is 1. The van der Waals surface area contributed by atoms with E-state index in [9.17, 15) is 19.5 Å². The lowest BCUT2D eigenvalue weighted by atomic mass is 9.66. The number of thioether (sulfide) groups is 1. The van der Waals surface area contributed by atoms with Gasteiger partial charge in [-0.15, -0.1) is 11.8 Å². The summed E-state index contributed by atoms with van der Waals surface area (Å²) in [6.07, 6.45) is 2.17. The summed E-state index contributed by atoms with van der Waals surface area (Å²) < 4.78 is 9.77. The first kappa shape index (κ1) is 31.1. The van der Waals surface area contributed by atoms with E-state index in [0.29, 0.717) is 45.0 Å². The van der Waals surface area contributed by atoms with E-state index in [1.54, 1.807) is 28.8 Å². The van der Waals surface area contributed by atoms with Crippen LogP contribution in [0.2, 0.25) is 0 Å². The van der Waals surface area contributed by atoms with Gasteiger partial charge in [-0.2, -0.15) is 0 Å². The number of morpholine rings is 1. The van der Waals surface area contributed by atoms with Gasteiger partial charge < -0.3 is 30.1 Å². The van der Waals surface area contributed by atoms with Crippen molar-refractivity contribution in [2.75, 3.05) is 57.9 Å². The smallest absolute Gasteiger partial charge is 0.244 e. The fourth-order valence-corrected chi connectivity index (χ4v) is 9.86. The molecule has 4 aliphatic rings. The monoisotopic (exact) mass is 602 g/mol. The Morgan fingerprint density at radius 1 is 1.17 bits per heavy atom. The minimum Gasteiger partial charge on any atom is -0.494 e. The van der Waals surface area contributed by atoms with Gasteiger partial charge in [0.25, 0.3) is 0 Å². The number of hydrogen-bond acceptors (Lipinski definition) is 8. The Morgan fingerprint density at radius 3 is 2.52 bits per heavy atom. The highest BCUT2D eigenvalue weighted by Crippen LogP contribution is 2.71. The van der Waals surface area contributed by atoms with Gasteiger partial charge in [-0.3, -0.25) is 19.3 Å². The van der Waals surface area contributed by atoms with Crippen molar-refractivity contribution < 1.29 is 29.0 Å². The number of likely N-dealkylation sites (tertiary alicyclic amines) is 1. The van der Waals surface area contributed by atoms with Gasteiger partial charge in [0, 0.05) is 36.6 Å². The molecule has 7 atom stereocenters. The van der Waals surface area contributed by atoms with Crippen LogP contribution < -0.4 is 15.4 Å². The van der Waals surface area contributed by atoms with Crippen LogP contribution in [0, 0.1) is 17.8 Å². The SMILES string of the molecule is CCOc1ccc(NC(=O)[C@@H]2[C@H]3C(=O)N([C@@H](CO)[C@@H](C)CC)C(C(=O)NCCN4CCOCC4)C34CC[C@@]2(C)S4)cc1. The van der Waals surface area contributed by atoms with E-state index < -0.39 is 33.4 Å². The molecular formula is C31H46N4O6S. The van der Waals surface area contributed by atoms with Crippen LogP contribution in [0.4, 0.5) is 5.69 Å². The average molecular weight is 603 g/mol. The number of nitrogens with zero attached hydrogens (tertiary/aromatic N) is 2. The van der Waals surface area contributed by atoms with Crippen molar-refractivity contribution in [1.29, 1.82) is 0 Å². The molecule has 4 saturated heterocycles. The highest BCUT2D eigenvalue weighted by Gasteiger charge is 2.77. The summed E-state index contributed by atoms with van der Waals surface area (Å²) in [6, 6.07) is 5.99. The van der Waals surface area contributed by atoms with Crippen LogP contribution >= 0.6 is 11.8 Å². The van der Waals surface area contributed by atoms with Gasteiger partial charge in [0.15, 0.2) is 0 Å². The maximum Gasteiger partial charge on any atom is 0.244 e. The molecule has 5 rings (SSSR count). The quantitative estimate of drug-likeness (QED) is 0.334. The normalized spacial score (nSPS) is 32.0. The fourth-order valence-electron chi connectivity index (χ4n) is 7.52. The molecule has 232 valence electrons. The summed E-state index contributed by atoms with van der Waals surface area (Å²) in [5.41, 5.74) is 0.640. The highest BCUT2D eigenvalue weighted by molar-refractivity contribution is 8.02. The summed E-state index contributed by atoms with van der Waals surface area (Å²) in [5, 5.41) is 16.7. The third-order valence-corrected chi connectivity index (χ3v) is 11.8. The lowest BCUT2D eigenvalue weighted by Crippen LogP contribution is -2.58. The topological polar surface area (TPSA) is 120 Å². The number of carbonyl (C=O) groups is 3. The number of benzene rings is 1. The van der Waals surface area contributed by atoms with E-state index in [0.717, 1.165) is 31.7 Å². The molecule has 2 unspecified atom stereocenters. The molecule has 1 aromatic carbocycles. The van der Waals surface area contributed by atoms with Gasteiger partial charge in [0.1, 0.15) is 11.8 Å². The lowest BCUT2D eigenvalue weighted by molar-refractivity contribution is -0.143. The summed E-state index contributed by atoms with van der Waals surface area (Å²) in [4.78, 5) is 46.5. The third-order valence-electron chi connectivity index (χ3n) is 9.85. The molecule has 0 saturated carbocycles. The second-order valence-electron chi connectivity index (χ2n) is 12.3. The summed E-state index contributed by atoms with van der Waals surface area (Å²) in [5.74, 6) is -1.10. The number of rotatable bonds is 12. The van der Waals surface area contributed by atoms with Crippen LogP contribution in [0.25, 0.3) is 0 Å². The van der Waals surface area contributed by atoms with Crippen molar-refractivity contribution in [2.45, 2.75) is 68.5 Å². The van der Waals surface area contributed by atoms with Crippen molar-refractivity contribution in [3.8, 4) is 5.75 Å². The van der Waals surface area contributed by atoms with E-state index in [2.05, 4.69) is 22.5 Å². The molecule has 1 spiro atoms. The molecule has 4 heterocycles. The van der Waals surface area contributed by atoms with Crippen molar-refractivity contribution in [3.63, 3.8) is 0 Å². The second kappa shape index (κ2) is 12.7. The summed E-state index contributed by atoms with van der Waals surface area (Å²) in [7, 11) is 0. The molecular weight excluding hydrogens is 556 g/mol. The summed E-state index contributed by atoms with van der Waals surface area (Å²) in [6.45, 7) is 12.6. The Hall–Kier alpha value is -2.34. The first-order valence-electron chi connectivity index (χ1n) is 15.4. The number of ether oxygens (including phenoxy) is 2. The molecule has 42 heavy (non-hydrogen) atoms. The molecule has 1 aromatic rings. The van der Waals surface area contributed by atoms with Gasteiger partial charge in [0.05, 0.1) is 49.1 Å². The summed E-state index contributed by atoms with van der Waals surface area (Å²) >= 11 is 1.65. The van der Waals surface area contributed by atoms with Crippen LogP contribution in [-0.2, 0) is 19.1 Å². The Balaban J connectivity index is 1.42. The van der Waals surface area contributed by atoms with Gasteiger partial charge in [-0.25, -0.2) is 0 Å². The lowest BCUT2D eigenvalue weighted by Gasteiger charge is -2.39. The second-order valence-corrected chi connectivity index (χ2v) is 14.2. The average Bonchev–Trinajstić information content (AvgIpc) is 3.56. The molecule has 4 aliphatic heterocycles. The zero-order valence-corrected chi connectivity index (χ0v) is 26.1. The standard InChI is InChI=1S/C31H46N4O6S/c1-5-20(3)23(19-36)35-26(28(38)32-13-14-34-15-17-40-18-16-34)31-12-11-30(4,42-31)24(25(31)29(35)39)27(37)33-21-7-9-22(10-8-21)41-6-2/h7-10,20,23-26,36H,5-6,11-19H2,1-4H3,(H,32,38)(H,33,37)/t20-,23-,24-,25-,26?,30+,31?/m0/s1. The maximum absolute atomic E-state index is 14.5. The fraction of sp³-hybridized carbons (Fsp3) is 0.710. The molecule has 0 aliphatic carbocycles. The largest absolute Gasteiger partial charge is 0.494 e. The molecule has 3 amide bonds. The van der Waals surface area contributed by atoms with Crippen molar-refractivity contribution in [3.05, 3.63) is 24.3 Å². The van der Waals surface area contributed by atoms with Crippen molar-refractivity contribution in [2.24, 2.45) is 17.8 Å². The van der Waals surface area contributed by atoms with Crippen LogP contribution in [0.1, 0.15) is 47.0 Å². The van der Waals surface area contributed by atoms with Crippen LogP contribution in [-0.4, -0.2) is 107 Å². The Bertz CT molecular complexity index is 1150. The Morgan fingerprint density at radius 2 is 1.88 bits per heavy atom. The third kappa shape index (κ3) is 5.53. The predicted octanol–water partition coefficient (Wildman–Crippen LogP) is 2.36. The van der Waals surface area contributed by atoms with Gasteiger partial charge in [0.2, 0.25) is 17.7 Å². The van der Waals surface area contributed by atoms with Crippen LogP contribution in [0.15, 0.2) is 24.3 Å². The molecule has 2 bridgehead atoms. The first-order valence-corrected chi connectivity index (χ1v) is 16.3. The number of fused-ring (bicyclic) bond motifs is 1. The number of hydrogen-bond donors (Lipinski definition) is 3. The first-order chi connectivity index (χ1) is 20.2. The van der Waals surface area contributed by atoms with Crippen LogP contribution in [0.3, 0.4) is 0 Å². The van der Waals surface area contributed by atoms with E-state index >= 15 is 0 Å². The molecule has 0 radical (unpaired) electrons. The molecule has 0 aromatic heterocycles. The Kier molecular flexibility index (Phi) is 9.42. The number of aliphatic hydroxyl groups is 1. The van der Waals surface area contributed by atoms with Crippen molar-refractivity contribution in [1.82, 2.24) is 15.1 Å². The maximum atomic E-state index is 14.5. The van der Waals surface area contributed by atoms with E-state index in [1.165, 1.54) is 0 Å². The molecule has 10 nitrogen and oxygen atoms in total. The molecule has 3 N–H and O–H groups in total. The van der Waals surface area contributed by atoms with Crippen molar-refractivity contribution >= 4 is 35.2 Å². The minimum atomic E-state index is -0.749. The Labute approximate surface area is 253 Å². The number of aliphatic hydroxyl groups excluding tert-OH is 1. The predicted molar refractivity (Wildman–Crippen MR) is 162 cm³/mol. The van der Waals surface area contributed by atoms with E-state index in [-0.39, 0.29) is 30.2 Å². The van der Waals surface area contributed by atoms with Crippen LogP contribution in [0.5, 0.6) is 5.75 Å². The van der Waals surface area contributed by atoms with Gasteiger partial charge >= 0.3 is 0 Å². The molecule has 11 heteroatoms. The van der Waals surface area contributed by atoms with Gasteiger partial charge in [-0.1, -0.05) is 20.3 Å². The van der Waals surface area contributed by atoms with E-state index in [4.69, 9.17) is 9.47 Å². The number of nitrogens with one attached hydrogen (secondary N) is 2. The van der Waals surface area contributed by atoms with E-state index in [1.807, 2.05) is 32.9 Å². The molecule has 4 fully saturated rings. The van der Waals surface area contributed by atoms with Gasteiger partial charge in [-0.05, 0) is 56.9 Å². The zero-order valence-electron chi connectivity index (χ0n) is 25.3. The number of carbonyl (C=O) groups excluding carboxylic acids is 3. The number of amides is 3.